The molecule has 1 heterocycles. The monoisotopic (exact) mass is 277 g/mol. The summed E-state index contributed by atoms with van der Waals surface area (Å²) in [7, 11) is 1.28. The van der Waals surface area contributed by atoms with Crippen LogP contribution in [0.1, 0.15) is 0 Å². The second-order valence-electron chi connectivity index (χ2n) is 3.98. The van der Waals surface area contributed by atoms with Gasteiger partial charge in [0.15, 0.2) is 0 Å². The summed E-state index contributed by atoms with van der Waals surface area (Å²) in [5, 5.41) is 30.8. The highest BCUT2D eigenvalue weighted by Crippen LogP contribution is 2.23. The molecule has 19 heavy (non-hydrogen) atoms. The quantitative estimate of drug-likeness (QED) is 0.445. The third kappa shape index (κ3) is 3.88. The predicted molar refractivity (Wildman–Crippen MR) is 63.2 cm³/mol. The van der Waals surface area contributed by atoms with Gasteiger partial charge in [-0.05, 0) is 0 Å². The zero-order valence-electron chi connectivity index (χ0n) is 10.6. The van der Waals surface area contributed by atoms with Crippen molar-refractivity contribution in [2.45, 2.75) is 30.7 Å². The number of carbonyl (C=O) groups excluding carboxylic acids is 1. The zero-order valence-corrected chi connectivity index (χ0v) is 10.6. The second kappa shape index (κ2) is 7.41. The molecule has 1 fully saturated rings. The summed E-state index contributed by atoms with van der Waals surface area (Å²) in [4.78, 5) is 11.4. The standard InChI is InChI=1S/C11H19NO7/c1-3-4-12-11(16)19-10-9(17-2)8(15)7(14)6(5-13)18-10/h3,6-10,13-15H,1,4-5H2,2H3,(H,12,16)/t6-,7-,8+,9-,10?/m1/s1. The molecule has 8 nitrogen and oxygen atoms in total. The molecule has 0 radical (unpaired) electrons. The molecule has 0 aromatic carbocycles. The molecule has 5 atom stereocenters. The number of hydrogen-bond acceptors (Lipinski definition) is 7. The average Bonchev–Trinajstić information content (AvgIpc) is 2.40. The van der Waals surface area contributed by atoms with Crippen LogP contribution < -0.4 is 5.32 Å². The van der Waals surface area contributed by atoms with Gasteiger partial charge < -0.3 is 34.8 Å². The Morgan fingerprint density at radius 3 is 2.68 bits per heavy atom. The first-order valence-corrected chi connectivity index (χ1v) is 5.75. The molecular formula is C11H19NO7. The highest BCUT2D eigenvalue weighted by molar-refractivity contribution is 5.67. The van der Waals surface area contributed by atoms with Crippen LogP contribution in [0.5, 0.6) is 0 Å². The smallest absolute Gasteiger partial charge is 0.409 e. The number of alkyl carbamates (subject to hydrolysis) is 1. The van der Waals surface area contributed by atoms with E-state index in [0.29, 0.717) is 0 Å². The minimum absolute atomic E-state index is 0.206. The van der Waals surface area contributed by atoms with Gasteiger partial charge >= 0.3 is 6.09 Å². The van der Waals surface area contributed by atoms with Gasteiger partial charge in [-0.2, -0.15) is 0 Å². The third-order valence-electron chi connectivity index (χ3n) is 2.71. The normalized spacial score (nSPS) is 34.6. The van der Waals surface area contributed by atoms with Crippen molar-refractivity contribution < 1.29 is 34.3 Å². The number of carbonyl (C=O) groups is 1. The molecule has 0 aromatic rings. The van der Waals surface area contributed by atoms with Crippen LogP contribution in [0, 0.1) is 0 Å². The van der Waals surface area contributed by atoms with Crippen molar-refractivity contribution in [3.63, 3.8) is 0 Å². The fourth-order valence-electron chi connectivity index (χ4n) is 1.70. The molecule has 1 amide bonds. The van der Waals surface area contributed by atoms with Gasteiger partial charge in [0.1, 0.15) is 24.4 Å². The Labute approximate surface area is 110 Å². The van der Waals surface area contributed by atoms with E-state index in [1.165, 1.54) is 13.2 Å². The number of aliphatic hydroxyl groups is 3. The number of methoxy groups -OCH3 is 1. The van der Waals surface area contributed by atoms with Gasteiger partial charge in [-0.15, -0.1) is 6.58 Å². The minimum atomic E-state index is -1.34. The average molecular weight is 277 g/mol. The van der Waals surface area contributed by atoms with Gasteiger partial charge in [0.05, 0.1) is 6.61 Å². The van der Waals surface area contributed by atoms with Crippen molar-refractivity contribution in [3.8, 4) is 0 Å². The van der Waals surface area contributed by atoms with Crippen molar-refractivity contribution in [2.24, 2.45) is 0 Å². The Morgan fingerprint density at radius 2 is 2.16 bits per heavy atom. The number of ether oxygens (including phenoxy) is 3. The minimum Gasteiger partial charge on any atom is -0.417 e. The molecule has 1 saturated heterocycles. The predicted octanol–water partition coefficient (Wildman–Crippen LogP) is -1.65. The largest absolute Gasteiger partial charge is 0.417 e. The first kappa shape index (κ1) is 15.9. The summed E-state index contributed by atoms with van der Waals surface area (Å²) in [5.41, 5.74) is 0. The van der Waals surface area contributed by atoms with E-state index in [1.54, 1.807) is 0 Å². The maximum Gasteiger partial charge on any atom is 0.409 e. The lowest BCUT2D eigenvalue weighted by molar-refractivity contribution is -0.289. The van der Waals surface area contributed by atoms with Crippen LogP contribution in [-0.2, 0) is 14.2 Å². The Balaban J connectivity index is 2.67. The van der Waals surface area contributed by atoms with Crippen LogP contribution in [0.2, 0.25) is 0 Å². The summed E-state index contributed by atoms with van der Waals surface area (Å²) >= 11 is 0. The number of hydrogen-bond donors (Lipinski definition) is 4. The van der Waals surface area contributed by atoms with E-state index in [9.17, 15) is 15.0 Å². The molecule has 1 rings (SSSR count). The van der Waals surface area contributed by atoms with Gasteiger partial charge in [0.2, 0.25) is 6.29 Å². The molecule has 0 aromatic heterocycles. The molecule has 0 bridgehead atoms. The van der Waals surface area contributed by atoms with Gasteiger partial charge in [0, 0.05) is 13.7 Å². The van der Waals surface area contributed by atoms with E-state index in [0.717, 1.165) is 0 Å². The number of rotatable bonds is 5. The fourth-order valence-corrected chi connectivity index (χ4v) is 1.70. The number of aliphatic hydroxyl groups excluding tert-OH is 3. The Kier molecular flexibility index (Phi) is 6.19. The summed E-state index contributed by atoms with van der Waals surface area (Å²) in [5.74, 6) is 0. The Morgan fingerprint density at radius 1 is 1.47 bits per heavy atom. The van der Waals surface area contributed by atoms with Crippen molar-refractivity contribution in [3.05, 3.63) is 12.7 Å². The van der Waals surface area contributed by atoms with Crippen LogP contribution in [0.15, 0.2) is 12.7 Å². The summed E-state index contributed by atoms with van der Waals surface area (Å²) in [6.07, 6.45) is -5.33. The fraction of sp³-hybridized carbons (Fsp3) is 0.727. The molecule has 110 valence electrons. The zero-order chi connectivity index (χ0) is 14.4. The molecule has 1 unspecified atom stereocenters. The first-order valence-electron chi connectivity index (χ1n) is 5.75. The highest BCUT2D eigenvalue weighted by atomic mass is 16.7. The van der Waals surface area contributed by atoms with Crippen LogP contribution in [0.3, 0.4) is 0 Å². The lowest BCUT2D eigenvalue weighted by atomic mass is 9.99. The molecule has 8 heteroatoms. The molecule has 1 aliphatic heterocycles. The Bertz CT molecular complexity index is 311. The van der Waals surface area contributed by atoms with Crippen molar-refractivity contribution in [1.82, 2.24) is 5.32 Å². The maximum atomic E-state index is 11.4. The molecular weight excluding hydrogens is 258 g/mol. The van der Waals surface area contributed by atoms with E-state index < -0.39 is 43.4 Å². The number of nitrogens with one attached hydrogen (secondary N) is 1. The topological polar surface area (TPSA) is 117 Å². The number of amides is 1. The summed E-state index contributed by atoms with van der Waals surface area (Å²) in [6.45, 7) is 3.11. The van der Waals surface area contributed by atoms with Crippen LogP contribution in [0.4, 0.5) is 4.79 Å². The summed E-state index contributed by atoms with van der Waals surface area (Å²) in [6, 6.07) is 0. The van der Waals surface area contributed by atoms with Gasteiger partial charge in [-0.25, -0.2) is 4.79 Å². The second-order valence-corrected chi connectivity index (χ2v) is 3.98. The van der Waals surface area contributed by atoms with E-state index in [1.807, 2.05) is 0 Å². The molecule has 4 N–H and O–H groups in total. The van der Waals surface area contributed by atoms with Gasteiger partial charge in [0.25, 0.3) is 0 Å². The lowest BCUT2D eigenvalue weighted by Gasteiger charge is -2.40. The van der Waals surface area contributed by atoms with Crippen LogP contribution in [0.25, 0.3) is 0 Å². The highest BCUT2D eigenvalue weighted by Gasteiger charge is 2.46. The first-order chi connectivity index (χ1) is 9.04. The van der Waals surface area contributed by atoms with Gasteiger partial charge in [-0.3, -0.25) is 0 Å². The SMILES string of the molecule is C=CCNC(=O)OC1O[C@H](CO)[C@@H](O)[C@H](O)[C@H]1OC. The molecule has 0 saturated carbocycles. The lowest BCUT2D eigenvalue weighted by Crippen LogP contribution is -2.60. The van der Waals surface area contributed by atoms with Crippen LogP contribution >= 0.6 is 0 Å². The molecule has 1 aliphatic rings. The Hall–Kier alpha value is -1.19. The maximum absolute atomic E-state index is 11.4. The molecule has 0 spiro atoms. The molecule has 0 aliphatic carbocycles. The van der Waals surface area contributed by atoms with Crippen molar-refractivity contribution >= 4 is 6.09 Å². The van der Waals surface area contributed by atoms with Crippen molar-refractivity contribution in [1.29, 1.82) is 0 Å². The van der Waals surface area contributed by atoms with Crippen molar-refractivity contribution in [2.75, 3.05) is 20.3 Å². The van der Waals surface area contributed by atoms with E-state index >= 15 is 0 Å². The van der Waals surface area contributed by atoms with E-state index in [2.05, 4.69) is 11.9 Å². The van der Waals surface area contributed by atoms with Crippen LogP contribution in [-0.4, -0.2) is 72.4 Å². The van der Waals surface area contributed by atoms with E-state index in [-0.39, 0.29) is 6.54 Å². The third-order valence-corrected chi connectivity index (χ3v) is 2.71. The summed E-state index contributed by atoms with van der Waals surface area (Å²) < 4.78 is 15.0. The van der Waals surface area contributed by atoms with E-state index in [4.69, 9.17) is 19.3 Å². The van der Waals surface area contributed by atoms with Gasteiger partial charge in [-0.1, -0.05) is 6.08 Å².